The molecule has 0 unspecified atom stereocenters. The number of thioether (sulfide) groups is 1. The highest BCUT2D eigenvalue weighted by molar-refractivity contribution is 7.98. The number of anilines is 1. The van der Waals surface area contributed by atoms with Crippen LogP contribution in [0.2, 0.25) is 10.0 Å². The maximum atomic E-state index is 6.28. The molecule has 1 aliphatic heterocycles. The smallest absolute Gasteiger partial charge is 0.228 e. The lowest BCUT2D eigenvalue weighted by molar-refractivity contribution is 0.121. The van der Waals surface area contributed by atoms with Crippen LogP contribution in [0.5, 0.6) is 0 Å². The SMILES string of the molecule is CC(C)Cn1c(SCc2ccc(Cl)cc2Cl)nnc1N1CCOCC1. The molecule has 2 heterocycles. The van der Waals surface area contributed by atoms with Crippen molar-refractivity contribution in [1.29, 1.82) is 0 Å². The monoisotopic (exact) mass is 400 g/mol. The number of nitrogens with zero attached hydrogens (tertiary/aromatic N) is 4. The number of morpholine rings is 1. The molecule has 25 heavy (non-hydrogen) atoms. The van der Waals surface area contributed by atoms with E-state index >= 15 is 0 Å². The van der Waals surface area contributed by atoms with E-state index in [1.807, 2.05) is 12.1 Å². The fraction of sp³-hybridized carbons (Fsp3) is 0.529. The molecule has 1 saturated heterocycles. The Morgan fingerprint density at radius 3 is 2.64 bits per heavy atom. The fourth-order valence-corrected chi connectivity index (χ4v) is 4.19. The number of benzene rings is 1. The molecule has 3 rings (SSSR count). The number of ether oxygens (including phenoxy) is 1. The fourth-order valence-electron chi connectivity index (χ4n) is 2.69. The standard InChI is InChI=1S/C17H22Cl2N4OS/c1-12(2)10-23-16(22-5-7-24-8-6-22)20-21-17(23)25-11-13-3-4-14(18)9-15(13)19/h3-4,9,12H,5-8,10-11H2,1-2H3. The molecule has 1 fully saturated rings. The minimum Gasteiger partial charge on any atom is -0.378 e. The zero-order chi connectivity index (χ0) is 17.8. The average Bonchev–Trinajstić information content (AvgIpc) is 2.97. The van der Waals surface area contributed by atoms with E-state index in [1.54, 1.807) is 17.8 Å². The van der Waals surface area contributed by atoms with Crippen molar-refractivity contribution in [1.82, 2.24) is 14.8 Å². The number of rotatable bonds is 6. The highest BCUT2D eigenvalue weighted by Gasteiger charge is 2.21. The molecular weight excluding hydrogens is 379 g/mol. The molecule has 0 saturated carbocycles. The first-order valence-electron chi connectivity index (χ1n) is 8.37. The zero-order valence-electron chi connectivity index (χ0n) is 14.4. The van der Waals surface area contributed by atoms with Gasteiger partial charge in [-0.1, -0.05) is 54.9 Å². The molecule has 0 aliphatic carbocycles. The van der Waals surface area contributed by atoms with E-state index in [2.05, 4.69) is 33.5 Å². The normalized spacial score (nSPS) is 15.2. The van der Waals surface area contributed by atoms with Gasteiger partial charge in [-0.3, -0.25) is 4.57 Å². The van der Waals surface area contributed by atoms with Crippen LogP contribution in [0.1, 0.15) is 19.4 Å². The van der Waals surface area contributed by atoms with Gasteiger partial charge >= 0.3 is 0 Å². The van der Waals surface area contributed by atoms with Gasteiger partial charge in [0.1, 0.15) is 0 Å². The Labute approximate surface area is 162 Å². The predicted octanol–water partition coefficient (Wildman–Crippen LogP) is 4.37. The van der Waals surface area contributed by atoms with Crippen molar-refractivity contribution in [3.05, 3.63) is 33.8 Å². The Morgan fingerprint density at radius 1 is 1.20 bits per heavy atom. The third-order valence-corrected chi connectivity index (χ3v) is 5.51. The minimum absolute atomic E-state index is 0.509. The average molecular weight is 401 g/mol. The van der Waals surface area contributed by atoms with Crippen molar-refractivity contribution < 1.29 is 4.74 Å². The molecular formula is C17H22Cl2N4OS. The quantitative estimate of drug-likeness (QED) is 0.673. The zero-order valence-corrected chi connectivity index (χ0v) is 16.7. The highest BCUT2D eigenvalue weighted by Crippen LogP contribution is 2.30. The Morgan fingerprint density at radius 2 is 1.96 bits per heavy atom. The maximum Gasteiger partial charge on any atom is 0.228 e. The molecule has 136 valence electrons. The molecule has 2 aromatic rings. The van der Waals surface area contributed by atoms with E-state index < -0.39 is 0 Å². The Hall–Kier alpha value is -0.950. The second-order valence-corrected chi connectivity index (χ2v) is 8.20. The van der Waals surface area contributed by atoms with Crippen LogP contribution in [0, 0.1) is 5.92 Å². The van der Waals surface area contributed by atoms with Gasteiger partial charge in [-0.2, -0.15) is 0 Å². The van der Waals surface area contributed by atoms with Gasteiger partial charge < -0.3 is 9.64 Å². The maximum absolute atomic E-state index is 6.28. The first-order chi connectivity index (χ1) is 12.0. The van der Waals surface area contributed by atoms with Crippen LogP contribution in [0.3, 0.4) is 0 Å². The summed E-state index contributed by atoms with van der Waals surface area (Å²) in [5.41, 5.74) is 1.04. The number of hydrogen-bond acceptors (Lipinski definition) is 5. The third-order valence-electron chi connectivity index (χ3n) is 3.91. The Balaban J connectivity index is 1.78. The van der Waals surface area contributed by atoms with Crippen molar-refractivity contribution in [3.8, 4) is 0 Å². The second-order valence-electron chi connectivity index (χ2n) is 6.41. The molecule has 0 atom stereocenters. The summed E-state index contributed by atoms with van der Waals surface area (Å²) >= 11 is 13.9. The van der Waals surface area contributed by atoms with E-state index in [0.717, 1.165) is 55.3 Å². The molecule has 1 aromatic carbocycles. The molecule has 8 heteroatoms. The topological polar surface area (TPSA) is 43.2 Å². The van der Waals surface area contributed by atoms with Crippen molar-refractivity contribution in [2.24, 2.45) is 5.92 Å². The van der Waals surface area contributed by atoms with Crippen LogP contribution in [-0.4, -0.2) is 41.1 Å². The third kappa shape index (κ3) is 4.82. The molecule has 0 spiro atoms. The van der Waals surface area contributed by atoms with Gasteiger partial charge in [0, 0.05) is 35.4 Å². The lowest BCUT2D eigenvalue weighted by Gasteiger charge is -2.28. The Bertz CT molecular complexity index is 717. The van der Waals surface area contributed by atoms with Crippen molar-refractivity contribution in [2.45, 2.75) is 31.3 Å². The van der Waals surface area contributed by atoms with Crippen LogP contribution in [-0.2, 0) is 17.0 Å². The van der Waals surface area contributed by atoms with Gasteiger partial charge in [-0.15, -0.1) is 10.2 Å². The largest absolute Gasteiger partial charge is 0.378 e. The predicted molar refractivity (Wildman–Crippen MR) is 104 cm³/mol. The van der Waals surface area contributed by atoms with Gasteiger partial charge in [-0.05, 0) is 23.6 Å². The van der Waals surface area contributed by atoms with Gasteiger partial charge in [0.2, 0.25) is 5.95 Å². The molecule has 0 bridgehead atoms. The minimum atomic E-state index is 0.509. The van der Waals surface area contributed by atoms with Crippen LogP contribution in [0.4, 0.5) is 5.95 Å². The summed E-state index contributed by atoms with van der Waals surface area (Å²) in [4.78, 5) is 2.25. The summed E-state index contributed by atoms with van der Waals surface area (Å²) < 4.78 is 7.66. The highest BCUT2D eigenvalue weighted by atomic mass is 35.5. The molecule has 5 nitrogen and oxygen atoms in total. The summed E-state index contributed by atoms with van der Waals surface area (Å²) in [6.07, 6.45) is 0. The molecule has 1 aliphatic rings. The van der Waals surface area contributed by atoms with Gasteiger partial charge in [0.15, 0.2) is 5.16 Å². The van der Waals surface area contributed by atoms with Gasteiger partial charge in [-0.25, -0.2) is 0 Å². The molecule has 0 amide bonds. The lowest BCUT2D eigenvalue weighted by Crippen LogP contribution is -2.38. The number of halogens is 2. The lowest BCUT2D eigenvalue weighted by atomic mass is 10.2. The van der Waals surface area contributed by atoms with E-state index in [1.165, 1.54) is 0 Å². The van der Waals surface area contributed by atoms with Gasteiger partial charge in [0.05, 0.1) is 13.2 Å². The van der Waals surface area contributed by atoms with Gasteiger partial charge in [0.25, 0.3) is 0 Å². The van der Waals surface area contributed by atoms with Crippen LogP contribution in [0.25, 0.3) is 0 Å². The first kappa shape index (κ1) is 18.8. The summed E-state index contributed by atoms with van der Waals surface area (Å²) in [5.74, 6) is 2.17. The van der Waals surface area contributed by atoms with Crippen molar-refractivity contribution >= 4 is 40.9 Å². The van der Waals surface area contributed by atoms with Crippen LogP contribution >= 0.6 is 35.0 Å². The first-order valence-corrected chi connectivity index (χ1v) is 10.1. The summed E-state index contributed by atoms with van der Waals surface area (Å²) in [6.45, 7) is 8.46. The van der Waals surface area contributed by atoms with E-state index in [0.29, 0.717) is 16.0 Å². The van der Waals surface area contributed by atoms with E-state index in [4.69, 9.17) is 27.9 Å². The number of hydrogen-bond donors (Lipinski definition) is 0. The summed E-state index contributed by atoms with van der Waals surface area (Å²) in [5, 5.41) is 11.1. The molecule has 0 radical (unpaired) electrons. The van der Waals surface area contributed by atoms with Crippen molar-refractivity contribution in [2.75, 3.05) is 31.2 Å². The number of aromatic nitrogens is 3. The van der Waals surface area contributed by atoms with E-state index in [-0.39, 0.29) is 0 Å². The Kier molecular flexibility index (Phi) is 6.49. The van der Waals surface area contributed by atoms with Crippen LogP contribution < -0.4 is 4.90 Å². The second kappa shape index (κ2) is 8.62. The van der Waals surface area contributed by atoms with Crippen molar-refractivity contribution in [3.63, 3.8) is 0 Å². The van der Waals surface area contributed by atoms with Crippen LogP contribution in [0.15, 0.2) is 23.4 Å². The summed E-state index contributed by atoms with van der Waals surface area (Å²) in [7, 11) is 0. The molecule has 1 aromatic heterocycles. The van der Waals surface area contributed by atoms with E-state index in [9.17, 15) is 0 Å². The summed E-state index contributed by atoms with van der Waals surface area (Å²) in [6, 6.07) is 5.60. The molecule has 0 N–H and O–H groups in total.